The van der Waals surface area contributed by atoms with E-state index in [1.54, 1.807) is 0 Å². The van der Waals surface area contributed by atoms with E-state index in [-0.39, 0.29) is 11.1 Å². The highest BCUT2D eigenvalue weighted by Gasteiger charge is 2.18. The van der Waals surface area contributed by atoms with Crippen molar-refractivity contribution in [1.82, 2.24) is 10.6 Å². The Bertz CT molecular complexity index is 159. The molecule has 0 aromatic carbocycles. The summed E-state index contributed by atoms with van der Waals surface area (Å²) in [6, 6.07) is 0. The summed E-state index contributed by atoms with van der Waals surface area (Å²) in [7, 11) is 0. The van der Waals surface area contributed by atoms with E-state index >= 15 is 0 Å². The molecule has 0 aromatic heterocycles. The molecule has 0 saturated carbocycles. The first kappa shape index (κ1) is 15.3. The third kappa shape index (κ3) is 10.6. The van der Waals surface area contributed by atoms with E-state index in [4.69, 9.17) is 0 Å². The van der Waals surface area contributed by atoms with Crippen LogP contribution in [0.15, 0.2) is 0 Å². The third-order valence-electron chi connectivity index (χ3n) is 1.68. The summed E-state index contributed by atoms with van der Waals surface area (Å²) < 4.78 is 0. The molecule has 0 fully saturated rings. The Morgan fingerprint density at radius 2 is 1.00 bits per heavy atom. The molecule has 2 atom stereocenters. The van der Waals surface area contributed by atoms with E-state index < -0.39 is 0 Å². The topological polar surface area (TPSA) is 24.1 Å². The molecule has 0 spiro atoms. The van der Waals surface area contributed by atoms with Gasteiger partial charge in [-0.2, -0.15) is 0 Å². The fourth-order valence-corrected chi connectivity index (χ4v) is 3.05. The molecular formula is C12H28N2S. The Labute approximate surface area is 100.0 Å². The van der Waals surface area contributed by atoms with E-state index in [2.05, 4.69) is 66.0 Å². The van der Waals surface area contributed by atoms with E-state index in [0.29, 0.717) is 10.7 Å². The summed E-state index contributed by atoms with van der Waals surface area (Å²) in [5, 5.41) is 8.05. The van der Waals surface area contributed by atoms with Gasteiger partial charge in [-0.15, -0.1) is 11.8 Å². The van der Waals surface area contributed by atoms with Gasteiger partial charge in [-0.25, -0.2) is 0 Å². The van der Waals surface area contributed by atoms with Crippen LogP contribution in [0.25, 0.3) is 0 Å². The van der Waals surface area contributed by atoms with Gasteiger partial charge in [0.05, 0.1) is 10.7 Å². The van der Waals surface area contributed by atoms with E-state index in [1.165, 1.54) is 0 Å². The highest BCUT2D eigenvalue weighted by Crippen LogP contribution is 2.18. The van der Waals surface area contributed by atoms with Gasteiger partial charge in [0.1, 0.15) is 0 Å². The van der Waals surface area contributed by atoms with Crippen molar-refractivity contribution in [3.8, 4) is 0 Å². The predicted molar refractivity (Wildman–Crippen MR) is 72.3 cm³/mol. The molecule has 92 valence electrons. The third-order valence-corrected chi connectivity index (χ3v) is 2.73. The fourth-order valence-electron chi connectivity index (χ4n) is 1.59. The molecular weight excluding hydrogens is 204 g/mol. The van der Waals surface area contributed by atoms with Crippen LogP contribution in [-0.4, -0.2) is 21.8 Å². The van der Waals surface area contributed by atoms with Gasteiger partial charge < -0.3 is 10.6 Å². The summed E-state index contributed by atoms with van der Waals surface area (Å²) in [4.78, 5) is 0. The molecule has 0 radical (unpaired) electrons. The summed E-state index contributed by atoms with van der Waals surface area (Å²) in [5.41, 5.74) is 0.377. The van der Waals surface area contributed by atoms with Crippen LogP contribution in [0.3, 0.4) is 0 Å². The molecule has 3 heteroatoms. The number of thioether (sulfide) groups is 1. The molecule has 0 heterocycles. The number of hydrogen-bond acceptors (Lipinski definition) is 3. The SMILES string of the molecule is CC(NC(C)(C)C)SC(C)NC(C)(C)C. The second kappa shape index (κ2) is 5.55. The normalized spacial score (nSPS) is 17.6. The molecule has 2 N–H and O–H groups in total. The van der Waals surface area contributed by atoms with Crippen LogP contribution in [-0.2, 0) is 0 Å². The van der Waals surface area contributed by atoms with Gasteiger partial charge in [-0.05, 0) is 55.4 Å². The Kier molecular flexibility index (Phi) is 5.65. The maximum atomic E-state index is 3.56. The lowest BCUT2D eigenvalue weighted by Crippen LogP contribution is -2.45. The molecule has 0 bridgehead atoms. The number of hydrogen-bond donors (Lipinski definition) is 2. The minimum Gasteiger partial charge on any atom is -0.301 e. The molecule has 0 aliphatic heterocycles. The van der Waals surface area contributed by atoms with Gasteiger partial charge in [0.2, 0.25) is 0 Å². The minimum atomic E-state index is 0.188. The maximum absolute atomic E-state index is 3.56. The first-order valence-corrected chi connectivity index (χ1v) is 6.65. The average Bonchev–Trinajstić information content (AvgIpc) is 1.73. The van der Waals surface area contributed by atoms with Gasteiger partial charge in [0, 0.05) is 11.1 Å². The van der Waals surface area contributed by atoms with Gasteiger partial charge >= 0.3 is 0 Å². The molecule has 0 aromatic rings. The lowest BCUT2D eigenvalue weighted by Gasteiger charge is -2.31. The second-order valence-corrected chi connectivity index (χ2v) is 7.90. The number of rotatable bonds is 4. The van der Waals surface area contributed by atoms with Crippen molar-refractivity contribution in [2.45, 2.75) is 77.2 Å². The van der Waals surface area contributed by atoms with Gasteiger partial charge in [0.15, 0.2) is 0 Å². The van der Waals surface area contributed by atoms with Crippen LogP contribution in [0.4, 0.5) is 0 Å². The zero-order valence-electron chi connectivity index (χ0n) is 11.6. The molecule has 0 amide bonds. The van der Waals surface area contributed by atoms with Crippen LogP contribution >= 0.6 is 11.8 Å². The van der Waals surface area contributed by atoms with Gasteiger partial charge in [-0.3, -0.25) is 0 Å². The van der Waals surface area contributed by atoms with E-state index in [0.717, 1.165) is 0 Å². The predicted octanol–water partition coefficient (Wildman–Crippen LogP) is 3.19. The monoisotopic (exact) mass is 232 g/mol. The fraction of sp³-hybridized carbons (Fsp3) is 1.00. The molecule has 2 unspecified atom stereocenters. The Morgan fingerprint density at radius 1 is 0.733 bits per heavy atom. The van der Waals surface area contributed by atoms with Crippen molar-refractivity contribution in [1.29, 1.82) is 0 Å². The van der Waals surface area contributed by atoms with Gasteiger partial charge in [0.25, 0.3) is 0 Å². The smallest absolute Gasteiger partial charge is 0.0523 e. The second-order valence-electron chi connectivity index (χ2n) is 6.21. The molecule has 2 nitrogen and oxygen atoms in total. The van der Waals surface area contributed by atoms with Crippen molar-refractivity contribution < 1.29 is 0 Å². The highest BCUT2D eigenvalue weighted by molar-refractivity contribution is 8.00. The standard InChI is InChI=1S/C12H28N2S/c1-9(13-11(3,4)5)15-10(2)14-12(6,7)8/h9-10,13-14H,1-8H3. The van der Waals surface area contributed by atoms with Crippen LogP contribution < -0.4 is 10.6 Å². The van der Waals surface area contributed by atoms with Crippen molar-refractivity contribution in [2.24, 2.45) is 0 Å². The molecule has 15 heavy (non-hydrogen) atoms. The Morgan fingerprint density at radius 3 is 1.20 bits per heavy atom. The zero-order valence-corrected chi connectivity index (χ0v) is 12.4. The summed E-state index contributed by atoms with van der Waals surface area (Å²) in [6.45, 7) is 17.6. The van der Waals surface area contributed by atoms with Crippen molar-refractivity contribution >= 4 is 11.8 Å². The van der Waals surface area contributed by atoms with Crippen molar-refractivity contribution in [3.05, 3.63) is 0 Å². The summed E-state index contributed by atoms with van der Waals surface area (Å²) in [6.07, 6.45) is 0. The average molecular weight is 232 g/mol. The Balaban J connectivity index is 3.92. The van der Waals surface area contributed by atoms with Crippen LogP contribution in [0.2, 0.25) is 0 Å². The Hall–Kier alpha value is 0.270. The lowest BCUT2D eigenvalue weighted by molar-refractivity contribution is 0.411. The molecule has 0 aliphatic carbocycles. The van der Waals surface area contributed by atoms with Gasteiger partial charge in [-0.1, -0.05) is 0 Å². The van der Waals surface area contributed by atoms with Crippen LogP contribution in [0.1, 0.15) is 55.4 Å². The van der Waals surface area contributed by atoms with Crippen molar-refractivity contribution in [2.75, 3.05) is 0 Å². The maximum Gasteiger partial charge on any atom is 0.0523 e. The first-order chi connectivity index (χ1) is 6.49. The summed E-state index contributed by atoms with van der Waals surface area (Å²) >= 11 is 1.93. The van der Waals surface area contributed by atoms with E-state index in [1.807, 2.05) is 11.8 Å². The quantitative estimate of drug-likeness (QED) is 0.728. The molecule has 0 aliphatic rings. The number of nitrogens with one attached hydrogen (secondary N) is 2. The highest BCUT2D eigenvalue weighted by atomic mass is 32.2. The van der Waals surface area contributed by atoms with E-state index in [9.17, 15) is 0 Å². The first-order valence-electron chi connectivity index (χ1n) is 5.70. The van der Waals surface area contributed by atoms with Crippen LogP contribution in [0, 0.1) is 0 Å². The summed E-state index contributed by atoms with van der Waals surface area (Å²) in [5.74, 6) is 0. The lowest BCUT2D eigenvalue weighted by atomic mass is 10.1. The molecule has 0 rings (SSSR count). The minimum absolute atomic E-state index is 0.188. The molecule has 0 saturated heterocycles. The van der Waals surface area contributed by atoms with Crippen molar-refractivity contribution in [3.63, 3.8) is 0 Å². The zero-order chi connectivity index (χ0) is 12.3. The largest absolute Gasteiger partial charge is 0.301 e. The van der Waals surface area contributed by atoms with Crippen LogP contribution in [0.5, 0.6) is 0 Å².